The summed E-state index contributed by atoms with van der Waals surface area (Å²) in [4.78, 5) is 29.9. The summed E-state index contributed by atoms with van der Waals surface area (Å²) in [5, 5.41) is 13.0. The molecule has 164 valence electrons. The van der Waals surface area contributed by atoms with E-state index in [0.717, 1.165) is 34.1 Å². The molecule has 2 aromatic heterocycles. The Bertz CT molecular complexity index is 1380. The molecule has 0 aliphatic heterocycles. The van der Waals surface area contributed by atoms with E-state index >= 15 is 0 Å². The number of alkyl halides is 3. The Labute approximate surface area is 181 Å². The smallest absolute Gasteiger partial charge is 0.416 e. The van der Waals surface area contributed by atoms with Crippen LogP contribution in [-0.2, 0) is 12.7 Å². The van der Waals surface area contributed by atoms with Crippen LogP contribution < -0.4 is 10.9 Å². The van der Waals surface area contributed by atoms with E-state index < -0.39 is 40.3 Å². The molecule has 1 amide bonds. The number of fused-ring (bicyclic) bond motifs is 1. The van der Waals surface area contributed by atoms with E-state index in [9.17, 15) is 32.3 Å². The Hall–Kier alpha value is -3.73. The number of carbonyl (C=O) groups is 1. The summed E-state index contributed by atoms with van der Waals surface area (Å²) in [5.41, 5.74) is -1.04. The van der Waals surface area contributed by atoms with Crippen LogP contribution in [0.1, 0.15) is 21.5 Å². The van der Waals surface area contributed by atoms with Crippen molar-refractivity contribution in [3.63, 3.8) is 0 Å². The van der Waals surface area contributed by atoms with Crippen molar-refractivity contribution in [2.45, 2.75) is 12.7 Å². The van der Waals surface area contributed by atoms with Crippen molar-refractivity contribution in [3.8, 4) is 11.4 Å². The van der Waals surface area contributed by atoms with Crippen molar-refractivity contribution in [1.29, 1.82) is 0 Å². The minimum atomic E-state index is -4.64. The van der Waals surface area contributed by atoms with E-state index in [1.54, 1.807) is 0 Å². The maximum atomic E-state index is 13.2. The number of aromatic hydroxyl groups is 1. The number of rotatable bonds is 4. The number of amides is 1. The Kier molecular flexibility index (Phi) is 5.43. The highest BCUT2D eigenvalue weighted by Gasteiger charge is 2.31. The van der Waals surface area contributed by atoms with Gasteiger partial charge in [0.2, 0.25) is 0 Å². The first-order valence-electron chi connectivity index (χ1n) is 9.08. The number of aromatic nitrogens is 2. The second kappa shape index (κ2) is 8.08. The van der Waals surface area contributed by atoms with E-state index in [2.05, 4.69) is 10.3 Å². The predicted molar refractivity (Wildman–Crippen MR) is 109 cm³/mol. The third-order valence-corrected chi connectivity index (χ3v) is 5.46. The maximum absolute atomic E-state index is 13.2. The predicted octanol–water partition coefficient (Wildman–Crippen LogP) is 4.24. The molecule has 4 rings (SSSR count). The number of carbonyl (C=O) groups excluding carboxylic acids is 1. The third-order valence-electron chi connectivity index (χ3n) is 4.65. The number of nitrogens with zero attached hydrogens (tertiary/aromatic N) is 2. The van der Waals surface area contributed by atoms with E-state index in [1.807, 2.05) is 0 Å². The lowest BCUT2D eigenvalue weighted by Crippen LogP contribution is -2.32. The van der Waals surface area contributed by atoms with Gasteiger partial charge in [0.1, 0.15) is 21.7 Å². The van der Waals surface area contributed by atoms with Gasteiger partial charge >= 0.3 is 6.18 Å². The minimum Gasteiger partial charge on any atom is -0.505 e. The summed E-state index contributed by atoms with van der Waals surface area (Å²) >= 11 is 0.926. The van der Waals surface area contributed by atoms with Crippen LogP contribution >= 0.6 is 11.3 Å². The van der Waals surface area contributed by atoms with Crippen molar-refractivity contribution in [2.24, 2.45) is 0 Å². The Morgan fingerprint density at radius 3 is 2.56 bits per heavy atom. The van der Waals surface area contributed by atoms with Gasteiger partial charge < -0.3 is 10.4 Å². The van der Waals surface area contributed by atoms with Gasteiger partial charge in [-0.05, 0) is 35.9 Å². The van der Waals surface area contributed by atoms with Crippen LogP contribution in [-0.4, -0.2) is 20.6 Å². The van der Waals surface area contributed by atoms with Crippen molar-refractivity contribution in [1.82, 2.24) is 14.9 Å². The fourth-order valence-electron chi connectivity index (χ4n) is 3.12. The number of benzene rings is 2. The molecule has 0 unspecified atom stereocenters. The quantitative estimate of drug-likeness (QED) is 0.444. The number of nitrogens with one attached hydrogen (secondary N) is 1. The van der Waals surface area contributed by atoms with Crippen LogP contribution in [0.4, 0.5) is 17.6 Å². The van der Waals surface area contributed by atoms with E-state index in [4.69, 9.17) is 0 Å². The van der Waals surface area contributed by atoms with E-state index in [1.165, 1.54) is 35.8 Å². The highest BCUT2D eigenvalue weighted by Crippen LogP contribution is 2.33. The fraction of sp³-hybridized carbons (Fsp3) is 0.0952. The number of hydrogen-bond donors (Lipinski definition) is 2. The highest BCUT2D eigenvalue weighted by molar-refractivity contribution is 7.16. The van der Waals surface area contributed by atoms with Crippen LogP contribution in [0.2, 0.25) is 0 Å². The van der Waals surface area contributed by atoms with E-state index in [-0.39, 0.29) is 22.6 Å². The summed E-state index contributed by atoms with van der Waals surface area (Å²) in [6.45, 7) is -0.0728. The molecule has 2 aromatic carbocycles. The largest absolute Gasteiger partial charge is 0.505 e. The van der Waals surface area contributed by atoms with Gasteiger partial charge in [-0.2, -0.15) is 13.2 Å². The molecular formula is C21H13F4N3O3S. The number of thiazole rings is 1. The van der Waals surface area contributed by atoms with Gasteiger partial charge in [0.25, 0.3) is 11.5 Å². The lowest BCUT2D eigenvalue weighted by atomic mass is 10.1. The first kappa shape index (κ1) is 21.5. The second-order valence-electron chi connectivity index (χ2n) is 6.73. The SMILES string of the molecule is O=C(NCc1ccc(F)cc1)c1c(O)c2ncsc2n(-c2cccc(C(F)(F)F)c2)c1=O. The average molecular weight is 463 g/mol. The van der Waals surface area contributed by atoms with Crippen molar-refractivity contribution < 1.29 is 27.5 Å². The molecule has 0 aliphatic carbocycles. The summed E-state index contributed by atoms with van der Waals surface area (Å²) in [6, 6.07) is 9.31. The zero-order chi connectivity index (χ0) is 23.0. The minimum absolute atomic E-state index is 0.0728. The van der Waals surface area contributed by atoms with Gasteiger partial charge in [0.05, 0.1) is 16.8 Å². The number of halogens is 4. The van der Waals surface area contributed by atoms with Crippen LogP contribution in [0.25, 0.3) is 16.0 Å². The summed E-state index contributed by atoms with van der Waals surface area (Å²) < 4.78 is 53.5. The van der Waals surface area contributed by atoms with Crippen molar-refractivity contribution in [2.75, 3.05) is 0 Å². The Balaban J connectivity index is 1.80. The molecule has 0 aliphatic rings. The van der Waals surface area contributed by atoms with Gasteiger partial charge in [-0.3, -0.25) is 14.2 Å². The highest BCUT2D eigenvalue weighted by atomic mass is 32.1. The number of pyridine rings is 1. The lowest BCUT2D eigenvalue weighted by Gasteiger charge is -2.14. The molecule has 0 bridgehead atoms. The molecule has 32 heavy (non-hydrogen) atoms. The first-order valence-corrected chi connectivity index (χ1v) is 9.96. The van der Waals surface area contributed by atoms with Crippen LogP contribution in [0.3, 0.4) is 0 Å². The maximum Gasteiger partial charge on any atom is 0.416 e. The van der Waals surface area contributed by atoms with Gasteiger partial charge in [-0.1, -0.05) is 18.2 Å². The molecule has 0 fully saturated rings. The second-order valence-corrected chi connectivity index (χ2v) is 7.56. The fourth-order valence-corrected chi connectivity index (χ4v) is 3.93. The third kappa shape index (κ3) is 3.94. The molecule has 0 saturated carbocycles. The molecular weight excluding hydrogens is 450 g/mol. The monoisotopic (exact) mass is 463 g/mol. The van der Waals surface area contributed by atoms with Gasteiger partial charge in [-0.15, -0.1) is 11.3 Å². The summed E-state index contributed by atoms with van der Waals surface area (Å²) in [6.07, 6.45) is -4.64. The van der Waals surface area contributed by atoms with Gasteiger partial charge in [0, 0.05) is 6.54 Å². The Morgan fingerprint density at radius 2 is 1.88 bits per heavy atom. The molecule has 0 spiro atoms. The van der Waals surface area contributed by atoms with Gasteiger partial charge in [0.15, 0.2) is 5.75 Å². The Morgan fingerprint density at radius 1 is 1.16 bits per heavy atom. The molecule has 0 saturated heterocycles. The van der Waals surface area contributed by atoms with Crippen LogP contribution in [0.5, 0.6) is 5.75 Å². The van der Waals surface area contributed by atoms with Crippen molar-refractivity contribution in [3.05, 3.63) is 86.9 Å². The van der Waals surface area contributed by atoms with E-state index in [0.29, 0.717) is 5.56 Å². The molecule has 2 N–H and O–H groups in total. The molecule has 0 radical (unpaired) electrons. The van der Waals surface area contributed by atoms with Crippen LogP contribution in [0, 0.1) is 5.82 Å². The molecule has 11 heteroatoms. The lowest BCUT2D eigenvalue weighted by molar-refractivity contribution is -0.137. The molecule has 2 heterocycles. The zero-order valence-electron chi connectivity index (χ0n) is 16.0. The summed E-state index contributed by atoms with van der Waals surface area (Å²) in [5.74, 6) is -2.09. The first-order chi connectivity index (χ1) is 15.2. The van der Waals surface area contributed by atoms with Gasteiger partial charge in [-0.25, -0.2) is 9.37 Å². The normalized spacial score (nSPS) is 11.6. The standard InChI is InChI=1S/C21H13F4N3O3S/c22-13-6-4-11(5-7-13)9-26-18(30)15-17(29)16-20(32-10-27-16)28(19(15)31)14-3-1-2-12(8-14)21(23,24)25/h1-8,10,29H,9H2,(H,26,30). The zero-order valence-corrected chi connectivity index (χ0v) is 16.8. The molecule has 4 aromatic rings. The molecule has 0 atom stereocenters. The summed E-state index contributed by atoms with van der Waals surface area (Å²) in [7, 11) is 0. The topological polar surface area (TPSA) is 84.2 Å². The number of hydrogen-bond acceptors (Lipinski definition) is 5. The average Bonchev–Trinajstić information content (AvgIpc) is 3.23. The van der Waals surface area contributed by atoms with Crippen LogP contribution in [0.15, 0.2) is 58.8 Å². The molecule has 6 nitrogen and oxygen atoms in total. The van der Waals surface area contributed by atoms with Crippen molar-refractivity contribution >= 4 is 27.6 Å².